The first kappa shape index (κ1) is 19.9. The van der Waals surface area contributed by atoms with Crippen LogP contribution in [0.25, 0.3) is 10.8 Å². The predicted octanol–water partition coefficient (Wildman–Crippen LogP) is 3.39. The Labute approximate surface area is 176 Å². The van der Waals surface area contributed by atoms with E-state index in [1.165, 1.54) is 4.90 Å². The standard InChI is InChI=1S/C24H25N3O3/c1-26(24(29)20-7-6-18-4-2-3-5-19(18)16-20)17-23(28)25-21-8-10-22(11-9-21)27-12-14-30-15-13-27/h2-11,16H,12-15,17H2,1H3,(H,25,28). The van der Waals surface area contributed by atoms with Crippen LogP contribution in [0.4, 0.5) is 11.4 Å². The van der Waals surface area contributed by atoms with Crippen LogP contribution in [-0.4, -0.2) is 56.6 Å². The molecule has 0 saturated carbocycles. The second-order valence-electron chi connectivity index (χ2n) is 7.42. The van der Waals surface area contributed by atoms with Crippen molar-refractivity contribution in [2.75, 3.05) is 50.1 Å². The molecule has 0 radical (unpaired) electrons. The zero-order chi connectivity index (χ0) is 20.9. The van der Waals surface area contributed by atoms with Crippen LogP contribution in [0.15, 0.2) is 66.7 Å². The van der Waals surface area contributed by atoms with Crippen LogP contribution in [0, 0.1) is 0 Å². The van der Waals surface area contributed by atoms with Crippen LogP contribution in [0.1, 0.15) is 10.4 Å². The summed E-state index contributed by atoms with van der Waals surface area (Å²) in [5.41, 5.74) is 2.39. The molecular formula is C24H25N3O3. The summed E-state index contributed by atoms with van der Waals surface area (Å²) in [6, 6.07) is 21.2. The first-order valence-corrected chi connectivity index (χ1v) is 10.1. The van der Waals surface area contributed by atoms with E-state index in [9.17, 15) is 9.59 Å². The van der Waals surface area contributed by atoms with Gasteiger partial charge in [0.15, 0.2) is 0 Å². The Morgan fingerprint density at radius 2 is 1.67 bits per heavy atom. The van der Waals surface area contributed by atoms with Crippen molar-refractivity contribution >= 4 is 34.0 Å². The van der Waals surface area contributed by atoms with E-state index in [1.54, 1.807) is 13.1 Å². The maximum Gasteiger partial charge on any atom is 0.254 e. The third-order valence-electron chi connectivity index (χ3n) is 5.25. The lowest BCUT2D eigenvalue weighted by Crippen LogP contribution is -2.36. The number of carbonyl (C=O) groups excluding carboxylic acids is 2. The monoisotopic (exact) mass is 403 g/mol. The van der Waals surface area contributed by atoms with Gasteiger partial charge in [0.1, 0.15) is 0 Å². The molecule has 1 aliphatic heterocycles. The van der Waals surface area contributed by atoms with Gasteiger partial charge in [0.05, 0.1) is 19.8 Å². The fraction of sp³-hybridized carbons (Fsp3) is 0.250. The molecule has 0 aliphatic carbocycles. The molecular weight excluding hydrogens is 378 g/mol. The molecule has 4 rings (SSSR count). The second kappa shape index (κ2) is 8.97. The average molecular weight is 403 g/mol. The summed E-state index contributed by atoms with van der Waals surface area (Å²) in [7, 11) is 1.64. The molecule has 3 aromatic carbocycles. The van der Waals surface area contributed by atoms with Crippen LogP contribution in [-0.2, 0) is 9.53 Å². The number of nitrogens with one attached hydrogen (secondary N) is 1. The fourth-order valence-electron chi connectivity index (χ4n) is 3.61. The molecule has 1 fully saturated rings. The molecule has 0 aromatic heterocycles. The summed E-state index contributed by atoms with van der Waals surface area (Å²) in [6.45, 7) is 3.18. The van der Waals surface area contributed by atoms with E-state index in [0.717, 1.165) is 42.8 Å². The number of rotatable bonds is 5. The van der Waals surface area contributed by atoms with Gasteiger partial charge in [-0.15, -0.1) is 0 Å². The molecule has 2 amide bonds. The predicted molar refractivity (Wildman–Crippen MR) is 119 cm³/mol. The Balaban J connectivity index is 1.35. The molecule has 0 atom stereocenters. The SMILES string of the molecule is CN(CC(=O)Nc1ccc(N2CCOCC2)cc1)C(=O)c1ccc2ccccc2c1. The van der Waals surface area contributed by atoms with Gasteiger partial charge in [-0.05, 0) is 47.2 Å². The highest BCUT2D eigenvalue weighted by atomic mass is 16.5. The molecule has 1 heterocycles. The molecule has 1 saturated heterocycles. The van der Waals surface area contributed by atoms with Gasteiger partial charge in [-0.1, -0.05) is 30.3 Å². The summed E-state index contributed by atoms with van der Waals surface area (Å²) in [4.78, 5) is 28.8. The van der Waals surface area contributed by atoms with Gasteiger partial charge in [0.25, 0.3) is 5.91 Å². The minimum Gasteiger partial charge on any atom is -0.378 e. The topological polar surface area (TPSA) is 61.9 Å². The Hall–Kier alpha value is -3.38. The minimum atomic E-state index is -0.231. The van der Waals surface area contributed by atoms with Crippen molar-refractivity contribution in [3.63, 3.8) is 0 Å². The number of benzene rings is 3. The van der Waals surface area contributed by atoms with E-state index in [-0.39, 0.29) is 18.4 Å². The average Bonchev–Trinajstić information content (AvgIpc) is 2.79. The Morgan fingerprint density at radius 1 is 0.967 bits per heavy atom. The Kier molecular flexibility index (Phi) is 5.95. The molecule has 30 heavy (non-hydrogen) atoms. The number of nitrogens with zero attached hydrogens (tertiary/aromatic N) is 2. The Bertz CT molecular complexity index is 1040. The first-order valence-electron chi connectivity index (χ1n) is 10.1. The normalized spacial score (nSPS) is 13.8. The summed E-state index contributed by atoms with van der Waals surface area (Å²) in [5.74, 6) is -0.413. The molecule has 0 spiro atoms. The number of fused-ring (bicyclic) bond motifs is 1. The molecule has 0 bridgehead atoms. The van der Waals surface area contributed by atoms with Crippen LogP contribution < -0.4 is 10.2 Å². The highest BCUT2D eigenvalue weighted by Crippen LogP contribution is 2.19. The van der Waals surface area contributed by atoms with Gasteiger partial charge >= 0.3 is 0 Å². The fourth-order valence-corrected chi connectivity index (χ4v) is 3.61. The molecule has 154 valence electrons. The van der Waals surface area contributed by atoms with E-state index < -0.39 is 0 Å². The highest BCUT2D eigenvalue weighted by Gasteiger charge is 2.16. The molecule has 3 aromatic rings. The van der Waals surface area contributed by atoms with E-state index in [0.29, 0.717) is 11.3 Å². The van der Waals surface area contributed by atoms with Gasteiger partial charge in [0.2, 0.25) is 5.91 Å². The number of morpholine rings is 1. The molecule has 6 heteroatoms. The van der Waals surface area contributed by atoms with Gasteiger partial charge in [-0.25, -0.2) is 0 Å². The third-order valence-corrected chi connectivity index (χ3v) is 5.25. The summed E-state index contributed by atoms with van der Waals surface area (Å²) in [6.07, 6.45) is 0. The van der Waals surface area contributed by atoms with Crippen molar-refractivity contribution < 1.29 is 14.3 Å². The van der Waals surface area contributed by atoms with Crippen molar-refractivity contribution in [3.8, 4) is 0 Å². The molecule has 0 unspecified atom stereocenters. The molecule has 1 aliphatic rings. The van der Waals surface area contributed by atoms with Crippen molar-refractivity contribution in [2.24, 2.45) is 0 Å². The number of hydrogen-bond donors (Lipinski definition) is 1. The Morgan fingerprint density at radius 3 is 2.40 bits per heavy atom. The zero-order valence-electron chi connectivity index (χ0n) is 17.0. The van der Waals surface area contributed by atoms with Crippen molar-refractivity contribution in [1.82, 2.24) is 4.90 Å². The quantitative estimate of drug-likeness (QED) is 0.709. The second-order valence-corrected chi connectivity index (χ2v) is 7.42. The highest BCUT2D eigenvalue weighted by molar-refractivity contribution is 6.01. The van der Waals surface area contributed by atoms with Crippen molar-refractivity contribution in [3.05, 3.63) is 72.3 Å². The number of amides is 2. The maximum atomic E-state index is 12.7. The van der Waals surface area contributed by atoms with Crippen molar-refractivity contribution in [1.29, 1.82) is 0 Å². The van der Waals surface area contributed by atoms with Crippen LogP contribution in [0.2, 0.25) is 0 Å². The largest absolute Gasteiger partial charge is 0.378 e. The van der Waals surface area contributed by atoms with E-state index >= 15 is 0 Å². The summed E-state index contributed by atoms with van der Waals surface area (Å²) in [5, 5.41) is 4.94. The minimum absolute atomic E-state index is 0.0170. The van der Waals surface area contributed by atoms with Crippen LogP contribution >= 0.6 is 0 Å². The van der Waals surface area contributed by atoms with Gasteiger partial charge in [-0.2, -0.15) is 0 Å². The van der Waals surface area contributed by atoms with Crippen LogP contribution in [0.5, 0.6) is 0 Å². The lowest BCUT2D eigenvalue weighted by molar-refractivity contribution is -0.116. The van der Waals surface area contributed by atoms with Crippen LogP contribution in [0.3, 0.4) is 0 Å². The smallest absolute Gasteiger partial charge is 0.254 e. The number of carbonyl (C=O) groups is 2. The molecule has 1 N–H and O–H groups in total. The molecule has 6 nitrogen and oxygen atoms in total. The summed E-state index contributed by atoms with van der Waals surface area (Å²) < 4.78 is 5.38. The van der Waals surface area contributed by atoms with Gasteiger partial charge in [0, 0.05) is 37.1 Å². The number of hydrogen-bond acceptors (Lipinski definition) is 4. The van der Waals surface area contributed by atoms with Gasteiger partial charge in [-0.3, -0.25) is 9.59 Å². The van der Waals surface area contributed by atoms with E-state index in [4.69, 9.17) is 4.74 Å². The zero-order valence-corrected chi connectivity index (χ0v) is 17.0. The van der Waals surface area contributed by atoms with E-state index in [1.807, 2.05) is 60.7 Å². The number of likely N-dealkylation sites (N-methyl/N-ethyl adjacent to an activating group) is 1. The number of anilines is 2. The number of ether oxygens (including phenoxy) is 1. The third kappa shape index (κ3) is 4.60. The lowest BCUT2D eigenvalue weighted by Gasteiger charge is -2.28. The van der Waals surface area contributed by atoms with E-state index in [2.05, 4.69) is 10.2 Å². The van der Waals surface area contributed by atoms with Crippen molar-refractivity contribution in [2.45, 2.75) is 0 Å². The lowest BCUT2D eigenvalue weighted by atomic mass is 10.1. The van der Waals surface area contributed by atoms with Gasteiger partial charge < -0.3 is 19.9 Å². The first-order chi connectivity index (χ1) is 14.6. The summed E-state index contributed by atoms with van der Waals surface area (Å²) >= 11 is 0. The maximum absolute atomic E-state index is 12.7.